The first kappa shape index (κ1) is 18.1. The molecule has 1 N–H and O–H groups in total. The van der Waals surface area contributed by atoms with E-state index in [9.17, 15) is 9.18 Å². The second-order valence-electron chi connectivity index (χ2n) is 6.76. The van der Waals surface area contributed by atoms with Crippen molar-refractivity contribution < 1.29 is 14.0 Å². The van der Waals surface area contributed by atoms with Gasteiger partial charge >= 0.3 is 0 Å². The third-order valence-electron chi connectivity index (χ3n) is 4.58. The van der Waals surface area contributed by atoms with Gasteiger partial charge in [0.05, 0.1) is 23.4 Å². The number of hydrogen-bond acceptors (Lipinski definition) is 4. The highest BCUT2D eigenvalue weighted by Crippen LogP contribution is 2.23. The Balaban J connectivity index is 1.59. The van der Waals surface area contributed by atoms with Crippen LogP contribution >= 0.6 is 0 Å². The number of carbonyl (C=O) groups excluding carboxylic acids is 1. The third kappa shape index (κ3) is 3.61. The van der Waals surface area contributed by atoms with Gasteiger partial charge in [0.2, 0.25) is 6.10 Å². The zero-order valence-corrected chi connectivity index (χ0v) is 15.4. The van der Waals surface area contributed by atoms with E-state index in [1.165, 1.54) is 12.1 Å². The summed E-state index contributed by atoms with van der Waals surface area (Å²) in [6.45, 7) is 8.25. The maximum absolute atomic E-state index is 13.1. The molecule has 138 valence electrons. The number of aromatic nitrogens is 2. The number of hydrogen-bond donors (Lipinski definition) is 1. The van der Waals surface area contributed by atoms with Gasteiger partial charge in [-0.2, -0.15) is 5.10 Å². The lowest BCUT2D eigenvalue weighted by Crippen LogP contribution is -2.41. The Morgan fingerprint density at radius 1 is 1.35 bits per heavy atom. The van der Waals surface area contributed by atoms with Crippen molar-refractivity contribution in [1.82, 2.24) is 15.1 Å². The maximum Gasteiger partial charge on any atom is 0.264 e. The molecule has 1 aliphatic rings. The molecule has 0 fully saturated rings. The second-order valence-corrected chi connectivity index (χ2v) is 6.76. The van der Waals surface area contributed by atoms with E-state index in [0.717, 1.165) is 17.0 Å². The first-order chi connectivity index (χ1) is 12.4. The molecule has 1 amide bonds. The highest BCUT2D eigenvalue weighted by molar-refractivity contribution is 6.05. The summed E-state index contributed by atoms with van der Waals surface area (Å²) >= 11 is 0. The van der Waals surface area contributed by atoms with Gasteiger partial charge in [-0.15, -0.1) is 0 Å². The van der Waals surface area contributed by atoms with Crippen molar-refractivity contribution in [2.24, 2.45) is 11.1 Å². The van der Waals surface area contributed by atoms with E-state index >= 15 is 0 Å². The van der Waals surface area contributed by atoms with Crippen LogP contribution in [0, 0.1) is 25.6 Å². The quantitative estimate of drug-likeness (QED) is 0.894. The minimum Gasteiger partial charge on any atom is -0.381 e. The Morgan fingerprint density at radius 3 is 2.65 bits per heavy atom. The van der Waals surface area contributed by atoms with Gasteiger partial charge in [-0.05, 0) is 44.5 Å². The number of carbonyl (C=O) groups is 1. The normalized spacial score (nSPS) is 20.4. The van der Waals surface area contributed by atoms with Gasteiger partial charge in [0, 0.05) is 12.2 Å². The molecule has 7 heteroatoms. The smallest absolute Gasteiger partial charge is 0.264 e. The number of nitrogens with one attached hydrogen (secondary N) is 1. The van der Waals surface area contributed by atoms with Crippen LogP contribution in [0.4, 0.5) is 4.39 Å². The minimum atomic E-state index is -0.692. The van der Waals surface area contributed by atoms with E-state index in [4.69, 9.17) is 4.84 Å². The van der Waals surface area contributed by atoms with Gasteiger partial charge in [-0.3, -0.25) is 9.48 Å². The molecule has 0 radical (unpaired) electrons. The average molecular weight is 358 g/mol. The second kappa shape index (κ2) is 7.27. The largest absolute Gasteiger partial charge is 0.381 e. The first-order valence-electron chi connectivity index (χ1n) is 8.67. The number of aryl methyl sites for hydroxylation is 2. The Bertz CT molecular complexity index is 829. The Kier molecular flexibility index (Phi) is 5.06. The summed E-state index contributed by atoms with van der Waals surface area (Å²) in [4.78, 5) is 17.9. The van der Waals surface area contributed by atoms with E-state index in [1.807, 2.05) is 38.4 Å². The van der Waals surface area contributed by atoms with Gasteiger partial charge in [0.1, 0.15) is 5.82 Å². The van der Waals surface area contributed by atoms with Gasteiger partial charge < -0.3 is 10.2 Å². The molecule has 6 nitrogen and oxygen atoms in total. The number of oxime groups is 1. The standard InChI is InChI=1S/C19H23FN4O2/c1-11-9-12(2)24(22-11)13(3)10-21-19(25)18-14(4)17(23-26-18)15-5-7-16(20)8-6-15/h5-9,13-14,18H,10H2,1-4H3,(H,21,25)/t13-,14-,18+/m1/s1. The molecule has 2 heterocycles. The minimum absolute atomic E-state index is 0.0295. The molecule has 0 saturated carbocycles. The number of halogens is 1. The molecule has 0 bridgehead atoms. The van der Waals surface area contributed by atoms with Crippen molar-refractivity contribution in [3.8, 4) is 0 Å². The van der Waals surface area contributed by atoms with Crippen molar-refractivity contribution in [3.05, 3.63) is 53.1 Å². The van der Waals surface area contributed by atoms with E-state index in [-0.39, 0.29) is 23.7 Å². The maximum atomic E-state index is 13.1. The predicted octanol–water partition coefficient (Wildman–Crippen LogP) is 2.76. The lowest BCUT2D eigenvalue weighted by Gasteiger charge is -2.18. The molecule has 3 rings (SSSR count). The fourth-order valence-corrected chi connectivity index (χ4v) is 3.17. The van der Waals surface area contributed by atoms with Crippen LogP contribution in [0.1, 0.15) is 36.8 Å². The summed E-state index contributed by atoms with van der Waals surface area (Å²) in [6, 6.07) is 8.05. The van der Waals surface area contributed by atoms with Crippen molar-refractivity contribution in [2.45, 2.75) is 39.8 Å². The molecule has 1 aromatic carbocycles. The molecular weight excluding hydrogens is 335 g/mol. The van der Waals surface area contributed by atoms with Crippen LogP contribution in [0.2, 0.25) is 0 Å². The van der Waals surface area contributed by atoms with Crippen LogP contribution in [0.3, 0.4) is 0 Å². The van der Waals surface area contributed by atoms with Gasteiger partial charge in [-0.25, -0.2) is 4.39 Å². The highest BCUT2D eigenvalue weighted by atomic mass is 19.1. The lowest BCUT2D eigenvalue weighted by atomic mass is 9.94. The zero-order chi connectivity index (χ0) is 18.8. The molecule has 1 aromatic heterocycles. The fraction of sp³-hybridized carbons (Fsp3) is 0.421. The predicted molar refractivity (Wildman–Crippen MR) is 96.4 cm³/mol. The molecule has 0 spiro atoms. The molecule has 0 saturated heterocycles. The van der Waals surface area contributed by atoms with Crippen molar-refractivity contribution >= 4 is 11.6 Å². The van der Waals surface area contributed by atoms with E-state index in [0.29, 0.717) is 12.3 Å². The SMILES string of the molecule is Cc1cc(C)n([C@H](C)CNC(=O)[C@H]2ON=C(c3ccc(F)cc3)[C@H]2C)n1. The van der Waals surface area contributed by atoms with E-state index in [2.05, 4.69) is 15.6 Å². The first-order valence-corrected chi connectivity index (χ1v) is 8.67. The van der Waals surface area contributed by atoms with E-state index < -0.39 is 6.10 Å². The number of rotatable bonds is 5. The highest BCUT2D eigenvalue weighted by Gasteiger charge is 2.36. The van der Waals surface area contributed by atoms with Crippen LogP contribution in [-0.2, 0) is 9.63 Å². The number of amides is 1. The molecule has 1 aliphatic heterocycles. The Labute approximate surface area is 152 Å². The number of nitrogens with zero attached hydrogens (tertiary/aromatic N) is 3. The third-order valence-corrected chi connectivity index (χ3v) is 4.58. The van der Waals surface area contributed by atoms with E-state index in [1.54, 1.807) is 12.1 Å². The van der Waals surface area contributed by atoms with Crippen LogP contribution in [0.15, 0.2) is 35.5 Å². The fourth-order valence-electron chi connectivity index (χ4n) is 3.17. The van der Waals surface area contributed by atoms with Crippen LogP contribution in [0.5, 0.6) is 0 Å². The van der Waals surface area contributed by atoms with Crippen molar-refractivity contribution in [3.63, 3.8) is 0 Å². The summed E-state index contributed by atoms with van der Waals surface area (Å²) in [5, 5.41) is 11.4. The number of benzene rings is 1. The molecule has 0 aliphatic carbocycles. The van der Waals surface area contributed by atoms with Crippen LogP contribution in [-0.4, -0.2) is 34.0 Å². The monoisotopic (exact) mass is 358 g/mol. The Hall–Kier alpha value is -2.70. The van der Waals surface area contributed by atoms with Gasteiger partial charge in [0.15, 0.2) is 0 Å². The summed E-state index contributed by atoms with van der Waals surface area (Å²) < 4.78 is 15.0. The Morgan fingerprint density at radius 2 is 2.04 bits per heavy atom. The average Bonchev–Trinajstić information content (AvgIpc) is 3.15. The summed E-state index contributed by atoms with van der Waals surface area (Å²) in [6.07, 6.45) is -0.692. The van der Waals surface area contributed by atoms with Gasteiger partial charge in [-0.1, -0.05) is 24.2 Å². The van der Waals surface area contributed by atoms with Crippen molar-refractivity contribution in [2.75, 3.05) is 6.54 Å². The molecule has 2 aromatic rings. The topological polar surface area (TPSA) is 68.5 Å². The zero-order valence-electron chi connectivity index (χ0n) is 15.4. The van der Waals surface area contributed by atoms with Crippen LogP contribution in [0.25, 0.3) is 0 Å². The molecule has 0 unspecified atom stereocenters. The molecule has 3 atom stereocenters. The molecule has 26 heavy (non-hydrogen) atoms. The lowest BCUT2D eigenvalue weighted by molar-refractivity contribution is -0.132. The molecular formula is C19H23FN4O2. The van der Waals surface area contributed by atoms with Crippen molar-refractivity contribution in [1.29, 1.82) is 0 Å². The van der Waals surface area contributed by atoms with Crippen LogP contribution < -0.4 is 5.32 Å². The summed E-state index contributed by atoms with van der Waals surface area (Å²) in [5.41, 5.74) is 3.41. The summed E-state index contributed by atoms with van der Waals surface area (Å²) in [5.74, 6) is -0.746. The summed E-state index contributed by atoms with van der Waals surface area (Å²) in [7, 11) is 0. The van der Waals surface area contributed by atoms with Gasteiger partial charge in [0.25, 0.3) is 5.91 Å².